The summed E-state index contributed by atoms with van der Waals surface area (Å²) in [5, 5.41) is 0. The van der Waals surface area contributed by atoms with Gasteiger partial charge in [-0.3, -0.25) is 4.79 Å². The second-order valence-corrected chi connectivity index (χ2v) is 6.10. The summed E-state index contributed by atoms with van der Waals surface area (Å²) in [5.41, 5.74) is 1.47. The molecule has 0 radical (unpaired) electrons. The summed E-state index contributed by atoms with van der Waals surface area (Å²) in [5.74, 6) is 2.40. The van der Waals surface area contributed by atoms with Crippen molar-refractivity contribution >= 4 is 23.6 Å². The summed E-state index contributed by atoms with van der Waals surface area (Å²) in [6, 6.07) is 13.1. The molecule has 0 aliphatic rings. The van der Waals surface area contributed by atoms with Crippen LogP contribution in [0.5, 0.6) is 11.5 Å². The molecule has 0 aliphatic carbocycles. The van der Waals surface area contributed by atoms with E-state index in [4.69, 9.17) is 9.47 Å². The lowest BCUT2D eigenvalue weighted by atomic mass is 10.1. The molecule has 0 amide bonds. The number of hydrogen-bond donors (Lipinski definition) is 0. The summed E-state index contributed by atoms with van der Waals surface area (Å²) < 4.78 is 10.5. The van der Waals surface area contributed by atoms with Crippen LogP contribution >= 0.6 is 11.8 Å². The van der Waals surface area contributed by atoms with Gasteiger partial charge in [0.25, 0.3) is 0 Å². The zero-order valence-corrected chi connectivity index (χ0v) is 14.4. The van der Waals surface area contributed by atoms with Gasteiger partial charge in [-0.1, -0.05) is 6.92 Å². The maximum atomic E-state index is 12.3. The van der Waals surface area contributed by atoms with Gasteiger partial charge in [0, 0.05) is 16.0 Å². The predicted octanol–water partition coefficient (Wildman–Crippen LogP) is 4.71. The van der Waals surface area contributed by atoms with Gasteiger partial charge in [0.2, 0.25) is 0 Å². The summed E-state index contributed by atoms with van der Waals surface area (Å²) in [6.07, 6.45) is 3.30. The second kappa shape index (κ2) is 8.44. The lowest BCUT2D eigenvalue weighted by molar-refractivity contribution is 0.104. The van der Waals surface area contributed by atoms with Crippen LogP contribution in [-0.4, -0.2) is 25.8 Å². The number of thioether (sulfide) groups is 1. The first-order chi connectivity index (χ1) is 11.2. The topological polar surface area (TPSA) is 35.5 Å². The molecule has 2 rings (SSSR count). The van der Waals surface area contributed by atoms with E-state index in [1.165, 1.54) is 4.90 Å². The third-order valence-electron chi connectivity index (χ3n) is 3.30. The Morgan fingerprint density at radius 2 is 1.83 bits per heavy atom. The minimum atomic E-state index is -0.0390. The Hall–Kier alpha value is -2.20. The molecule has 0 atom stereocenters. The minimum absolute atomic E-state index is 0.0390. The van der Waals surface area contributed by atoms with Gasteiger partial charge in [0.05, 0.1) is 14.2 Å². The fraction of sp³-hybridized carbons (Fsp3) is 0.211. The van der Waals surface area contributed by atoms with Crippen molar-refractivity contribution in [2.45, 2.75) is 11.8 Å². The van der Waals surface area contributed by atoms with Crippen LogP contribution < -0.4 is 9.47 Å². The van der Waals surface area contributed by atoms with Gasteiger partial charge in [-0.05, 0) is 60.4 Å². The zero-order chi connectivity index (χ0) is 16.7. The van der Waals surface area contributed by atoms with Crippen LogP contribution in [0.1, 0.15) is 22.8 Å². The molecular weight excluding hydrogens is 308 g/mol. The monoisotopic (exact) mass is 328 g/mol. The van der Waals surface area contributed by atoms with E-state index >= 15 is 0 Å². The summed E-state index contributed by atoms with van der Waals surface area (Å²) in [6.45, 7) is 2.11. The van der Waals surface area contributed by atoms with Gasteiger partial charge in [0.15, 0.2) is 5.78 Å². The van der Waals surface area contributed by atoms with E-state index < -0.39 is 0 Å². The maximum absolute atomic E-state index is 12.3. The van der Waals surface area contributed by atoms with Crippen molar-refractivity contribution in [2.75, 3.05) is 20.0 Å². The highest BCUT2D eigenvalue weighted by atomic mass is 32.2. The van der Waals surface area contributed by atoms with Gasteiger partial charge in [-0.25, -0.2) is 0 Å². The Bertz CT molecular complexity index is 690. The highest BCUT2D eigenvalue weighted by molar-refractivity contribution is 7.99. The first-order valence-corrected chi connectivity index (χ1v) is 8.33. The predicted molar refractivity (Wildman–Crippen MR) is 95.8 cm³/mol. The highest BCUT2D eigenvalue weighted by Gasteiger charge is 2.05. The van der Waals surface area contributed by atoms with E-state index in [9.17, 15) is 4.79 Å². The van der Waals surface area contributed by atoms with Gasteiger partial charge in [-0.15, -0.1) is 11.8 Å². The standard InChI is InChI=1S/C19H20O3S/c1-4-23-17-9-5-14(6-10-17)18(20)11-7-15-13-16(21-2)8-12-19(15)22-3/h5-13H,4H2,1-3H3. The molecule has 2 aromatic carbocycles. The van der Waals surface area contributed by atoms with Gasteiger partial charge in [-0.2, -0.15) is 0 Å². The molecule has 0 saturated carbocycles. The number of hydrogen-bond acceptors (Lipinski definition) is 4. The van der Waals surface area contributed by atoms with Crippen LogP contribution in [0.4, 0.5) is 0 Å². The van der Waals surface area contributed by atoms with Crippen molar-refractivity contribution in [3.8, 4) is 11.5 Å². The normalized spacial score (nSPS) is 10.7. The number of carbonyl (C=O) groups excluding carboxylic acids is 1. The molecule has 0 heterocycles. The molecule has 3 nitrogen and oxygen atoms in total. The van der Waals surface area contributed by atoms with Crippen LogP contribution in [0.25, 0.3) is 6.08 Å². The smallest absolute Gasteiger partial charge is 0.185 e. The molecule has 0 aliphatic heterocycles. The Kier molecular flexibility index (Phi) is 6.29. The van der Waals surface area contributed by atoms with Crippen molar-refractivity contribution in [2.24, 2.45) is 0 Å². The van der Waals surface area contributed by atoms with E-state index in [-0.39, 0.29) is 5.78 Å². The fourth-order valence-electron chi connectivity index (χ4n) is 2.11. The summed E-state index contributed by atoms with van der Waals surface area (Å²) >= 11 is 1.76. The Morgan fingerprint density at radius 3 is 2.43 bits per heavy atom. The van der Waals surface area contributed by atoms with Crippen molar-refractivity contribution in [3.05, 3.63) is 59.7 Å². The average molecular weight is 328 g/mol. The number of allylic oxidation sites excluding steroid dienone is 1. The molecule has 4 heteroatoms. The quantitative estimate of drug-likeness (QED) is 0.419. The molecular formula is C19H20O3S. The Labute approximate surface area is 141 Å². The second-order valence-electron chi connectivity index (χ2n) is 4.76. The number of rotatable bonds is 7. The number of methoxy groups -OCH3 is 2. The number of carbonyl (C=O) groups is 1. The molecule has 23 heavy (non-hydrogen) atoms. The average Bonchev–Trinajstić information content (AvgIpc) is 2.60. The van der Waals surface area contributed by atoms with Crippen LogP contribution in [-0.2, 0) is 0 Å². The van der Waals surface area contributed by atoms with Crippen LogP contribution in [0.2, 0.25) is 0 Å². The maximum Gasteiger partial charge on any atom is 0.185 e. The number of ether oxygens (including phenoxy) is 2. The van der Waals surface area contributed by atoms with E-state index in [0.717, 1.165) is 17.1 Å². The van der Waals surface area contributed by atoms with Crippen molar-refractivity contribution < 1.29 is 14.3 Å². The summed E-state index contributed by atoms with van der Waals surface area (Å²) in [7, 11) is 3.21. The number of benzene rings is 2. The van der Waals surface area contributed by atoms with Crippen molar-refractivity contribution in [1.82, 2.24) is 0 Å². The molecule has 0 bridgehead atoms. The van der Waals surface area contributed by atoms with Crippen LogP contribution in [0.15, 0.2) is 53.4 Å². The number of ketones is 1. The largest absolute Gasteiger partial charge is 0.497 e. The lowest BCUT2D eigenvalue weighted by Crippen LogP contribution is -1.94. The highest BCUT2D eigenvalue weighted by Crippen LogP contribution is 2.25. The molecule has 0 fully saturated rings. The van der Waals surface area contributed by atoms with E-state index in [0.29, 0.717) is 11.3 Å². The Morgan fingerprint density at radius 1 is 1.09 bits per heavy atom. The molecule has 120 valence electrons. The van der Waals surface area contributed by atoms with Crippen molar-refractivity contribution in [3.63, 3.8) is 0 Å². The summed E-state index contributed by atoms with van der Waals surface area (Å²) in [4.78, 5) is 13.4. The third kappa shape index (κ3) is 4.63. The van der Waals surface area contributed by atoms with Crippen molar-refractivity contribution in [1.29, 1.82) is 0 Å². The van der Waals surface area contributed by atoms with Crippen LogP contribution in [0.3, 0.4) is 0 Å². The van der Waals surface area contributed by atoms with E-state index in [1.807, 2.05) is 42.5 Å². The van der Waals surface area contributed by atoms with E-state index in [1.54, 1.807) is 38.1 Å². The fourth-order valence-corrected chi connectivity index (χ4v) is 2.78. The SMILES string of the molecule is CCSc1ccc(C(=O)C=Cc2cc(OC)ccc2OC)cc1. The molecule has 0 unspecified atom stereocenters. The Balaban J connectivity index is 2.17. The van der Waals surface area contributed by atoms with Gasteiger partial charge in [0.1, 0.15) is 11.5 Å². The molecule has 0 N–H and O–H groups in total. The molecule has 0 aromatic heterocycles. The minimum Gasteiger partial charge on any atom is -0.497 e. The first kappa shape index (κ1) is 17.2. The lowest BCUT2D eigenvalue weighted by Gasteiger charge is -2.07. The van der Waals surface area contributed by atoms with Crippen LogP contribution in [0, 0.1) is 0 Å². The molecule has 2 aromatic rings. The zero-order valence-electron chi connectivity index (χ0n) is 13.5. The first-order valence-electron chi connectivity index (χ1n) is 7.35. The molecule has 0 saturated heterocycles. The van der Waals surface area contributed by atoms with E-state index in [2.05, 4.69) is 6.92 Å². The van der Waals surface area contributed by atoms with Gasteiger partial charge >= 0.3 is 0 Å². The molecule has 0 spiro atoms. The van der Waals surface area contributed by atoms with Gasteiger partial charge < -0.3 is 9.47 Å². The third-order valence-corrected chi connectivity index (χ3v) is 4.20.